The van der Waals surface area contributed by atoms with E-state index in [1.807, 2.05) is 6.92 Å². The molecular weight excluding hydrogens is 184 g/mol. The molecule has 0 radical (unpaired) electrons. The lowest BCUT2D eigenvalue weighted by molar-refractivity contribution is 0.0600. The molecule has 14 heavy (non-hydrogen) atoms. The number of hydrogen-bond donors (Lipinski definition) is 1. The molecule has 1 aromatic rings. The zero-order chi connectivity index (χ0) is 10.6. The second-order valence-electron chi connectivity index (χ2n) is 2.61. The van der Waals surface area contributed by atoms with Crippen LogP contribution in [0, 0.1) is 0 Å². The smallest absolute Gasteiger partial charge is 0.337 e. The Labute approximate surface area is 82.1 Å². The molecule has 0 unspecified atom stereocenters. The SMILES string of the molecule is CCOc1ccc(C(=O)OC)cc1O. The van der Waals surface area contributed by atoms with Crippen molar-refractivity contribution in [1.29, 1.82) is 0 Å². The first-order valence-corrected chi connectivity index (χ1v) is 4.23. The first kappa shape index (κ1) is 10.4. The molecule has 0 heterocycles. The van der Waals surface area contributed by atoms with E-state index in [9.17, 15) is 9.90 Å². The summed E-state index contributed by atoms with van der Waals surface area (Å²) >= 11 is 0. The number of esters is 1. The number of methoxy groups -OCH3 is 1. The van der Waals surface area contributed by atoms with Crippen molar-refractivity contribution in [3.05, 3.63) is 23.8 Å². The van der Waals surface area contributed by atoms with Crippen LogP contribution in [0.15, 0.2) is 18.2 Å². The number of carbonyl (C=O) groups excluding carboxylic acids is 1. The van der Waals surface area contributed by atoms with Gasteiger partial charge in [0.05, 0.1) is 19.3 Å². The van der Waals surface area contributed by atoms with Gasteiger partial charge in [-0.3, -0.25) is 0 Å². The van der Waals surface area contributed by atoms with Gasteiger partial charge in [0.1, 0.15) is 0 Å². The van der Waals surface area contributed by atoms with Gasteiger partial charge >= 0.3 is 5.97 Å². The molecule has 0 spiro atoms. The van der Waals surface area contributed by atoms with Crippen LogP contribution in [0.1, 0.15) is 17.3 Å². The van der Waals surface area contributed by atoms with E-state index < -0.39 is 5.97 Å². The molecule has 0 atom stereocenters. The minimum atomic E-state index is -0.483. The number of rotatable bonds is 3. The van der Waals surface area contributed by atoms with Gasteiger partial charge in [0.25, 0.3) is 0 Å². The fourth-order valence-electron chi connectivity index (χ4n) is 1.04. The van der Waals surface area contributed by atoms with Gasteiger partial charge in [-0.1, -0.05) is 0 Å². The van der Waals surface area contributed by atoms with E-state index in [0.29, 0.717) is 17.9 Å². The first-order chi connectivity index (χ1) is 6.69. The van der Waals surface area contributed by atoms with Gasteiger partial charge in [0, 0.05) is 0 Å². The average Bonchev–Trinajstić information content (AvgIpc) is 2.20. The molecule has 0 aromatic heterocycles. The van der Waals surface area contributed by atoms with Crippen LogP contribution >= 0.6 is 0 Å². The fourth-order valence-corrected chi connectivity index (χ4v) is 1.04. The van der Waals surface area contributed by atoms with E-state index >= 15 is 0 Å². The Hall–Kier alpha value is -1.71. The van der Waals surface area contributed by atoms with Crippen molar-refractivity contribution in [2.24, 2.45) is 0 Å². The molecule has 0 amide bonds. The van der Waals surface area contributed by atoms with Gasteiger partial charge < -0.3 is 14.6 Å². The Bertz CT molecular complexity index is 333. The molecule has 0 bridgehead atoms. The Morgan fingerprint density at radius 1 is 1.50 bits per heavy atom. The largest absolute Gasteiger partial charge is 0.504 e. The maximum atomic E-state index is 11.1. The van der Waals surface area contributed by atoms with Crippen molar-refractivity contribution in [1.82, 2.24) is 0 Å². The summed E-state index contributed by atoms with van der Waals surface area (Å²) in [5.74, 6) is -0.182. The number of aromatic hydroxyl groups is 1. The molecule has 0 fully saturated rings. The maximum absolute atomic E-state index is 11.1. The molecule has 1 aromatic carbocycles. The highest BCUT2D eigenvalue weighted by atomic mass is 16.5. The van der Waals surface area contributed by atoms with Crippen LogP contribution < -0.4 is 4.74 Å². The molecule has 0 saturated carbocycles. The summed E-state index contributed by atoms with van der Waals surface area (Å²) in [4.78, 5) is 11.1. The number of phenolic OH excluding ortho intramolecular Hbond substituents is 1. The topological polar surface area (TPSA) is 55.8 Å². The van der Waals surface area contributed by atoms with Crippen molar-refractivity contribution in [3.63, 3.8) is 0 Å². The predicted octanol–water partition coefficient (Wildman–Crippen LogP) is 1.58. The van der Waals surface area contributed by atoms with Gasteiger partial charge in [-0.15, -0.1) is 0 Å². The minimum Gasteiger partial charge on any atom is -0.504 e. The number of benzene rings is 1. The molecule has 4 heteroatoms. The zero-order valence-corrected chi connectivity index (χ0v) is 8.11. The van der Waals surface area contributed by atoms with E-state index in [0.717, 1.165) is 0 Å². The van der Waals surface area contributed by atoms with Crippen LogP contribution in [-0.2, 0) is 4.74 Å². The van der Waals surface area contributed by atoms with Crippen molar-refractivity contribution in [3.8, 4) is 11.5 Å². The zero-order valence-electron chi connectivity index (χ0n) is 8.11. The van der Waals surface area contributed by atoms with Gasteiger partial charge in [-0.2, -0.15) is 0 Å². The van der Waals surface area contributed by atoms with Crippen LogP contribution in [0.3, 0.4) is 0 Å². The van der Waals surface area contributed by atoms with E-state index in [1.54, 1.807) is 0 Å². The van der Waals surface area contributed by atoms with Gasteiger partial charge in [-0.25, -0.2) is 4.79 Å². The van der Waals surface area contributed by atoms with Crippen LogP contribution in [0.5, 0.6) is 11.5 Å². The highest BCUT2D eigenvalue weighted by Crippen LogP contribution is 2.26. The summed E-state index contributed by atoms with van der Waals surface area (Å²) in [6, 6.07) is 4.39. The lowest BCUT2D eigenvalue weighted by Crippen LogP contribution is -2.01. The van der Waals surface area contributed by atoms with Crippen LogP contribution in [0.4, 0.5) is 0 Å². The first-order valence-electron chi connectivity index (χ1n) is 4.23. The lowest BCUT2D eigenvalue weighted by Gasteiger charge is -2.06. The molecule has 76 valence electrons. The molecule has 0 saturated heterocycles. The second kappa shape index (κ2) is 4.50. The van der Waals surface area contributed by atoms with E-state index in [1.165, 1.54) is 25.3 Å². The monoisotopic (exact) mass is 196 g/mol. The number of ether oxygens (including phenoxy) is 2. The van der Waals surface area contributed by atoms with E-state index in [2.05, 4.69) is 4.74 Å². The Kier molecular flexibility index (Phi) is 3.34. The molecule has 1 N–H and O–H groups in total. The lowest BCUT2D eigenvalue weighted by atomic mass is 10.2. The second-order valence-corrected chi connectivity index (χ2v) is 2.61. The molecular formula is C10H12O4. The van der Waals surface area contributed by atoms with Gasteiger partial charge in [0.15, 0.2) is 11.5 Å². The van der Waals surface area contributed by atoms with Crippen LogP contribution in [0.25, 0.3) is 0 Å². The quantitative estimate of drug-likeness (QED) is 0.745. The van der Waals surface area contributed by atoms with E-state index in [-0.39, 0.29) is 5.75 Å². The summed E-state index contributed by atoms with van der Waals surface area (Å²) in [7, 11) is 1.29. The summed E-state index contributed by atoms with van der Waals surface area (Å²) in [6.45, 7) is 2.28. The Morgan fingerprint density at radius 3 is 2.71 bits per heavy atom. The average molecular weight is 196 g/mol. The number of carbonyl (C=O) groups is 1. The third-order valence-electron chi connectivity index (χ3n) is 1.68. The predicted molar refractivity (Wildman–Crippen MR) is 50.6 cm³/mol. The van der Waals surface area contributed by atoms with Crippen LogP contribution in [0.2, 0.25) is 0 Å². The third kappa shape index (κ3) is 2.16. The number of phenols is 1. The molecule has 0 aliphatic rings. The summed E-state index contributed by atoms with van der Waals surface area (Å²) in [6.07, 6.45) is 0. The summed E-state index contributed by atoms with van der Waals surface area (Å²) in [5.41, 5.74) is 0.299. The van der Waals surface area contributed by atoms with Crippen LogP contribution in [-0.4, -0.2) is 24.8 Å². The Balaban J connectivity index is 2.94. The third-order valence-corrected chi connectivity index (χ3v) is 1.68. The Morgan fingerprint density at radius 2 is 2.21 bits per heavy atom. The highest BCUT2D eigenvalue weighted by molar-refractivity contribution is 5.90. The molecule has 0 aliphatic heterocycles. The minimum absolute atomic E-state index is 0.0604. The van der Waals surface area contributed by atoms with Crippen molar-refractivity contribution in [2.45, 2.75) is 6.92 Å². The van der Waals surface area contributed by atoms with Crippen molar-refractivity contribution >= 4 is 5.97 Å². The standard InChI is InChI=1S/C10H12O4/c1-3-14-9-5-4-7(6-8(9)11)10(12)13-2/h4-6,11H,3H2,1-2H3. The highest BCUT2D eigenvalue weighted by Gasteiger charge is 2.09. The molecule has 4 nitrogen and oxygen atoms in total. The van der Waals surface area contributed by atoms with Gasteiger partial charge in [0.2, 0.25) is 0 Å². The van der Waals surface area contributed by atoms with Crippen molar-refractivity contribution in [2.75, 3.05) is 13.7 Å². The molecule has 1 rings (SSSR count). The summed E-state index contributed by atoms with van der Waals surface area (Å²) < 4.78 is 9.60. The normalized spacial score (nSPS) is 9.57. The molecule has 0 aliphatic carbocycles. The maximum Gasteiger partial charge on any atom is 0.337 e. The van der Waals surface area contributed by atoms with Gasteiger partial charge in [-0.05, 0) is 25.1 Å². The summed E-state index contributed by atoms with van der Waals surface area (Å²) in [5, 5.41) is 9.43. The number of hydrogen-bond acceptors (Lipinski definition) is 4. The van der Waals surface area contributed by atoms with Crippen molar-refractivity contribution < 1.29 is 19.4 Å². The fraction of sp³-hybridized carbons (Fsp3) is 0.300. The van der Waals surface area contributed by atoms with E-state index in [4.69, 9.17) is 4.74 Å².